The van der Waals surface area contributed by atoms with Crippen molar-refractivity contribution < 1.29 is 9.90 Å². The van der Waals surface area contributed by atoms with Gasteiger partial charge >= 0.3 is 0 Å². The second-order valence-electron chi connectivity index (χ2n) is 4.72. The first-order valence-corrected chi connectivity index (χ1v) is 6.77. The lowest BCUT2D eigenvalue weighted by atomic mass is 9.97. The number of nitrogens with zero attached hydrogens (tertiary/aromatic N) is 2. The van der Waals surface area contributed by atoms with Crippen LogP contribution in [0.2, 0.25) is 5.02 Å². The predicted octanol–water partition coefficient (Wildman–Crippen LogP) is 1.62. The molecule has 19 heavy (non-hydrogen) atoms. The summed E-state index contributed by atoms with van der Waals surface area (Å²) < 4.78 is 0. The fourth-order valence-electron chi connectivity index (χ4n) is 2.23. The van der Waals surface area contributed by atoms with E-state index in [1.807, 2.05) is 0 Å². The molecule has 1 amide bonds. The Kier molecular flexibility index (Phi) is 4.61. The van der Waals surface area contributed by atoms with Gasteiger partial charge < -0.3 is 15.3 Å². The van der Waals surface area contributed by atoms with E-state index in [2.05, 4.69) is 10.3 Å². The fourth-order valence-corrected chi connectivity index (χ4v) is 2.41. The van der Waals surface area contributed by atoms with Gasteiger partial charge in [-0.3, -0.25) is 4.79 Å². The molecule has 0 spiro atoms. The van der Waals surface area contributed by atoms with E-state index in [4.69, 9.17) is 16.7 Å². The normalized spacial score (nSPS) is 16.5. The second kappa shape index (κ2) is 6.21. The summed E-state index contributed by atoms with van der Waals surface area (Å²) in [5.74, 6) is 0.864. The van der Waals surface area contributed by atoms with Crippen LogP contribution in [0.25, 0.3) is 0 Å². The average molecular weight is 284 g/mol. The SMILES string of the molecule is CNc1cc(C(=O)N2CCC(CO)CC2)c(Cl)cn1. The minimum atomic E-state index is -0.0692. The Bertz CT molecular complexity index is 459. The van der Waals surface area contributed by atoms with E-state index in [0.29, 0.717) is 35.4 Å². The molecule has 0 bridgehead atoms. The summed E-state index contributed by atoms with van der Waals surface area (Å²) in [4.78, 5) is 18.3. The van der Waals surface area contributed by atoms with Crippen molar-refractivity contribution in [2.24, 2.45) is 5.92 Å². The number of likely N-dealkylation sites (tertiary alicyclic amines) is 1. The first-order valence-electron chi connectivity index (χ1n) is 6.39. The molecule has 1 fully saturated rings. The molecule has 1 aromatic rings. The average Bonchev–Trinajstić information content (AvgIpc) is 2.47. The number of amides is 1. The summed E-state index contributed by atoms with van der Waals surface area (Å²) in [7, 11) is 1.75. The zero-order valence-electron chi connectivity index (χ0n) is 10.9. The molecule has 0 radical (unpaired) electrons. The Hall–Kier alpha value is -1.33. The Labute approximate surface area is 117 Å². The maximum absolute atomic E-state index is 12.4. The summed E-state index contributed by atoms with van der Waals surface area (Å²) in [6.07, 6.45) is 3.16. The van der Waals surface area contributed by atoms with Crippen LogP contribution >= 0.6 is 11.6 Å². The van der Waals surface area contributed by atoms with Crippen LogP contribution in [0.5, 0.6) is 0 Å². The van der Waals surface area contributed by atoms with Crippen LogP contribution in [0.1, 0.15) is 23.2 Å². The zero-order valence-corrected chi connectivity index (χ0v) is 11.7. The van der Waals surface area contributed by atoms with Gasteiger partial charge in [0.05, 0.1) is 10.6 Å². The lowest BCUT2D eigenvalue weighted by Gasteiger charge is -2.31. The number of nitrogens with one attached hydrogen (secondary N) is 1. The molecule has 0 atom stereocenters. The monoisotopic (exact) mass is 283 g/mol. The van der Waals surface area contributed by atoms with Gasteiger partial charge in [-0.05, 0) is 24.8 Å². The lowest BCUT2D eigenvalue weighted by Crippen LogP contribution is -2.39. The molecule has 0 aliphatic carbocycles. The maximum atomic E-state index is 12.4. The molecule has 1 saturated heterocycles. The van der Waals surface area contributed by atoms with Gasteiger partial charge in [0.1, 0.15) is 5.82 Å². The summed E-state index contributed by atoms with van der Waals surface area (Å²) in [6, 6.07) is 1.67. The third-order valence-electron chi connectivity index (χ3n) is 3.50. The van der Waals surface area contributed by atoms with Crippen molar-refractivity contribution in [1.82, 2.24) is 9.88 Å². The van der Waals surface area contributed by atoms with Gasteiger partial charge in [0.25, 0.3) is 5.91 Å². The van der Waals surface area contributed by atoms with Crippen LogP contribution in [0.15, 0.2) is 12.3 Å². The summed E-state index contributed by atoms with van der Waals surface area (Å²) in [6.45, 7) is 1.52. The molecule has 1 aliphatic heterocycles. The molecule has 1 aliphatic rings. The molecule has 6 heteroatoms. The van der Waals surface area contributed by atoms with Crippen LogP contribution in [-0.4, -0.2) is 47.6 Å². The summed E-state index contributed by atoms with van der Waals surface area (Å²) in [5, 5.41) is 12.4. The van der Waals surface area contributed by atoms with Gasteiger partial charge in [0.15, 0.2) is 0 Å². The molecule has 0 aromatic carbocycles. The number of pyridine rings is 1. The fraction of sp³-hybridized carbons (Fsp3) is 0.538. The number of carbonyl (C=O) groups is 1. The van der Waals surface area contributed by atoms with Crippen LogP contribution in [0.3, 0.4) is 0 Å². The number of aromatic nitrogens is 1. The molecule has 1 aromatic heterocycles. The van der Waals surface area contributed by atoms with Crippen LogP contribution in [0.4, 0.5) is 5.82 Å². The molecule has 0 unspecified atom stereocenters. The zero-order chi connectivity index (χ0) is 13.8. The number of rotatable bonds is 3. The number of aliphatic hydroxyl groups is 1. The lowest BCUT2D eigenvalue weighted by molar-refractivity contribution is 0.0651. The second-order valence-corrected chi connectivity index (χ2v) is 5.12. The van der Waals surface area contributed by atoms with E-state index in [1.165, 1.54) is 6.20 Å². The predicted molar refractivity (Wildman–Crippen MR) is 74.5 cm³/mol. The van der Waals surface area contributed by atoms with E-state index < -0.39 is 0 Å². The smallest absolute Gasteiger partial charge is 0.255 e. The molecule has 104 valence electrons. The van der Waals surface area contributed by atoms with Crippen molar-refractivity contribution in [1.29, 1.82) is 0 Å². The minimum Gasteiger partial charge on any atom is -0.396 e. The molecule has 2 heterocycles. The van der Waals surface area contributed by atoms with Crippen molar-refractivity contribution in [3.05, 3.63) is 22.8 Å². The highest BCUT2D eigenvalue weighted by Crippen LogP contribution is 2.23. The maximum Gasteiger partial charge on any atom is 0.255 e. The number of hydrogen-bond acceptors (Lipinski definition) is 4. The highest BCUT2D eigenvalue weighted by molar-refractivity contribution is 6.33. The molecule has 2 rings (SSSR count). The standard InChI is InChI=1S/C13H18ClN3O2/c1-15-12-6-10(11(14)7-16-12)13(19)17-4-2-9(8-18)3-5-17/h6-7,9,18H,2-5,8H2,1H3,(H,15,16). The van der Waals surface area contributed by atoms with Crippen LogP contribution in [0, 0.1) is 5.92 Å². The van der Waals surface area contributed by atoms with E-state index in [-0.39, 0.29) is 12.5 Å². The van der Waals surface area contributed by atoms with E-state index in [0.717, 1.165) is 12.8 Å². The Balaban J connectivity index is 2.11. The van der Waals surface area contributed by atoms with E-state index in [1.54, 1.807) is 18.0 Å². The minimum absolute atomic E-state index is 0.0692. The quantitative estimate of drug-likeness (QED) is 0.885. The van der Waals surface area contributed by atoms with Gasteiger partial charge in [0.2, 0.25) is 0 Å². The van der Waals surface area contributed by atoms with Crippen LogP contribution < -0.4 is 5.32 Å². The summed E-state index contributed by atoms with van der Waals surface area (Å²) in [5.41, 5.74) is 0.475. The topological polar surface area (TPSA) is 65.5 Å². The first-order chi connectivity index (χ1) is 9.15. The molecular weight excluding hydrogens is 266 g/mol. The van der Waals surface area contributed by atoms with Crippen molar-refractivity contribution in [2.45, 2.75) is 12.8 Å². The number of halogens is 1. The highest BCUT2D eigenvalue weighted by atomic mass is 35.5. The van der Waals surface area contributed by atoms with Gasteiger partial charge in [-0.2, -0.15) is 0 Å². The van der Waals surface area contributed by atoms with Crippen molar-refractivity contribution in [3.8, 4) is 0 Å². The number of anilines is 1. The Morgan fingerprint density at radius 3 is 2.84 bits per heavy atom. The van der Waals surface area contributed by atoms with Gasteiger partial charge in [0, 0.05) is 32.9 Å². The number of aliphatic hydroxyl groups excluding tert-OH is 1. The molecule has 2 N–H and O–H groups in total. The molecular formula is C13H18ClN3O2. The van der Waals surface area contributed by atoms with Crippen LogP contribution in [-0.2, 0) is 0 Å². The van der Waals surface area contributed by atoms with E-state index >= 15 is 0 Å². The number of carbonyl (C=O) groups excluding carboxylic acids is 1. The first kappa shape index (κ1) is 14.1. The van der Waals surface area contributed by atoms with E-state index in [9.17, 15) is 4.79 Å². The molecule has 0 saturated carbocycles. The van der Waals surface area contributed by atoms with Crippen molar-refractivity contribution in [3.63, 3.8) is 0 Å². The number of hydrogen-bond donors (Lipinski definition) is 2. The third kappa shape index (κ3) is 3.16. The largest absolute Gasteiger partial charge is 0.396 e. The van der Waals surface area contributed by atoms with Crippen molar-refractivity contribution >= 4 is 23.3 Å². The van der Waals surface area contributed by atoms with Gasteiger partial charge in [-0.25, -0.2) is 4.98 Å². The Morgan fingerprint density at radius 2 is 2.26 bits per heavy atom. The third-order valence-corrected chi connectivity index (χ3v) is 3.80. The van der Waals surface area contributed by atoms with Gasteiger partial charge in [-0.1, -0.05) is 11.6 Å². The number of piperidine rings is 1. The van der Waals surface area contributed by atoms with Gasteiger partial charge in [-0.15, -0.1) is 0 Å². The summed E-state index contributed by atoms with van der Waals surface area (Å²) >= 11 is 6.05. The highest BCUT2D eigenvalue weighted by Gasteiger charge is 2.24. The Morgan fingerprint density at radius 1 is 1.58 bits per heavy atom. The molecule has 5 nitrogen and oxygen atoms in total. The van der Waals surface area contributed by atoms with Crippen molar-refractivity contribution in [2.75, 3.05) is 32.1 Å².